The molecule has 0 saturated heterocycles. The van der Waals surface area contributed by atoms with Gasteiger partial charge in [0, 0.05) is 17.0 Å². The second kappa shape index (κ2) is 9.55. The van der Waals surface area contributed by atoms with Gasteiger partial charge in [-0.15, -0.1) is 0 Å². The van der Waals surface area contributed by atoms with Crippen molar-refractivity contribution < 1.29 is 28.6 Å². The number of hydrogen-bond donors (Lipinski definition) is 2. The first kappa shape index (κ1) is 22.2. The number of carbonyl (C=O) groups is 2. The van der Waals surface area contributed by atoms with E-state index < -0.39 is 11.9 Å². The number of furan rings is 1. The van der Waals surface area contributed by atoms with Gasteiger partial charge >= 0.3 is 5.97 Å². The lowest BCUT2D eigenvalue weighted by atomic mass is 9.87. The number of esters is 1. The number of phenolic OH excluding ortho intramolecular Hbond substituents is 1. The maximum Gasteiger partial charge on any atom is 0.310 e. The van der Waals surface area contributed by atoms with Gasteiger partial charge < -0.3 is 24.3 Å². The number of hydrogen-bond acceptors (Lipinski definition) is 6. The lowest BCUT2D eigenvalue weighted by Gasteiger charge is -2.19. The van der Waals surface area contributed by atoms with Crippen LogP contribution < -0.4 is 10.1 Å². The third-order valence-electron chi connectivity index (χ3n) is 4.75. The van der Waals surface area contributed by atoms with Crippen LogP contribution in [0.25, 0.3) is 11.0 Å². The van der Waals surface area contributed by atoms with Gasteiger partial charge in [-0.05, 0) is 35.2 Å². The van der Waals surface area contributed by atoms with E-state index in [9.17, 15) is 14.7 Å². The highest BCUT2D eigenvalue weighted by Crippen LogP contribution is 2.26. The van der Waals surface area contributed by atoms with E-state index in [1.54, 1.807) is 6.07 Å². The van der Waals surface area contributed by atoms with Crippen molar-refractivity contribution in [2.45, 2.75) is 32.6 Å². The second-order valence-corrected chi connectivity index (χ2v) is 8.25. The monoisotopic (exact) mass is 425 g/mol. The number of aromatic hydroxyl groups is 1. The normalized spacial score (nSPS) is 11.3. The molecule has 3 rings (SSSR count). The molecule has 1 amide bonds. The van der Waals surface area contributed by atoms with Crippen LogP contribution in [0, 0.1) is 0 Å². The number of fused-ring (bicyclic) bond motifs is 1. The molecule has 3 aromatic rings. The number of rotatable bonds is 8. The van der Waals surface area contributed by atoms with Crippen LogP contribution in [0.2, 0.25) is 0 Å². The molecule has 0 atom stereocenters. The van der Waals surface area contributed by atoms with Crippen molar-refractivity contribution in [2.24, 2.45) is 0 Å². The van der Waals surface area contributed by atoms with Crippen LogP contribution >= 0.6 is 0 Å². The SMILES string of the molecule is CC(C)(C)c1ccc(OCCNC(=O)COC(=O)Cc2coc3cc(O)ccc23)cc1. The van der Waals surface area contributed by atoms with Gasteiger partial charge in [-0.25, -0.2) is 0 Å². The highest BCUT2D eigenvalue weighted by Gasteiger charge is 2.14. The van der Waals surface area contributed by atoms with E-state index in [1.807, 2.05) is 24.3 Å². The Bertz CT molecular complexity index is 1050. The van der Waals surface area contributed by atoms with Gasteiger partial charge in [-0.3, -0.25) is 9.59 Å². The summed E-state index contributed by atoms with van der Waals surface area (Å²) in [5, 5.41) is 12.8. The summed E-state index contributed by atoms with van der Waals surface area (Å²) < 4.78 is 16.0. The Kier molecular flexibility index (Phi) is 6.84. The summed E-state index contributed by atoms with van der Waals surface area (Å²) in [6, 6.07) is 12.5. The number of ether oxygens (including phenoxy) is 2. The topological polar surface area (TPSA) is 98.0 Å². The van der Waals surface area contributed by atoms with Crippen molar-refractivity contribution >= 4 is 22.8 Å². The third-order valence-corrected chi connectivity index (χ3v) is 4.75. The number of nitrogens with one attached hydrogen (secondary N) is 1. The van der Waals surface area contributed by atoms with Gasteiger partial charge in [0.25, 0.3) is 5.91 Å². The Labute approximate surface area is 181 Å². The van der Waals surface area contributed by atoms with Crippen molar-refractivity contribution in [2.75, 3.05) is 19.8 Å². The van der Waals surface area contributed by atoms with Gasteiger partial charge in [0.1, 0.15) is 23.7 Å². The maximum atomic E-state index is 12.0. The Morgan fingerprint density at radius 1 is 1.10 bits per heavy atom. The fraction of sp³-hybridized carbons (Fsp3) is 0.333. The van der Waals surface area contributed by atoms with Crippen LogP contribution in [0.4, 0.5) is 0 Å². The Morgan fingerprint density at radius 2 is 1.84 bits per heavy atom. The van der Waals surface area contributed by atoms with Crippen molar-refractivity contribution in [1.29, 1.82) is 0 Å². The molecule has 2 aromatic carbocycles. The lowest BCUT2D eigenvalue weighted by Crippen LogP contribution is -2.32. The number of amides is 1. The zero-order valence-electron chi connectivity index (χ0n) is 17.9. The fourth-order valence-corrected chi connectivity index (χ4v) is 3.02. The standard InChI is InChI=1S/C24H27NO6/c1-24(2,3)17-4-7-19(8-5-17)29-11-10-25-22(27)15-31-23(28)12-16-14-30-21-13-18(26)6-9-20(16)21/h4-9,13-14,26H,10-12,15H2,1-3H3,(H,25,27). The van der Waals surface area contributed by atoms with Crippen LogP contribution in [0.3, 0.4) is 0 Å². The maximum absolute atomic E-state index is 12.0. The van der Waals surface area contributed by atoms with Gasteiger partial charge in [0.2, 0.25) is 0 Å². The van der Waals surface area contributed by atoms with Gasteiger partial charge in [0.15, 0.2) is 6.61 Å². The first-order valence-corrected chi connectivity index (χ1v) is 10.1. The molecule has 0 aliphatic carbocycles. The highest BCUT2D eigenvalue weighted by atomic mass is 16.5. The van der Waals surface area contributed by atoms with E-state index in [2.05, 4.69) is 26.1 Å². The van der Waals surface area contributed by atoms with Crippen molar-refractivity contribution in [3.63, 3.8) is 0 Å². The summed E-state index contributed by atoms with van der Waals surface area (Å²) in [6.07, 6.45) is 1.41. The molecule has 0 bridgehead atoms. The molecule has 0 radical (unpaired) electrons. The summed E-state index contributed by atoms with van der Waals surface area (Å²) >= 11 is 0. The lowest BCUT2D eigenvalue weighted by molar-refractivity contribution is -0.147. The molecule has 7 heteroatoms. The molecule has 1 aromatic heterocycles. The van der Waals surface area contributed by atoms with Gasteiger partial charge in [-0.1, -0.05) is 32.9 Å². The highest BCUT2D eigenvalue weighted by molar-refractivity contribution is 5.87. The molecule has 0 aliphatic rings. The Hall–Kier alpha value is -3.48. The van der Waals surface area contributed by atoms with E-state index in [0.29, 0.717) is 29.7 Å². The zero-order chi connectivity index (χ0) is 22.4. The zero-order valence-corrected chi connectivity index (χ0v) is 17.9. The van der Waals surface area contributed by atoms with E-state index in [-0.39, 0.29) is 24.2 Å². The van der Waals surface area contributed by atoms with Gasteiger partial charge in [0.05, 0.1) is 19.2 Å². The van der Waals surface area contributed by atoms with Crippen LogP contribution in [-0.2, 0) is 26.2 Å². The molecular formula is C24H27NO6. The molecule has 7 nitrogen and oxygen atoms in total. The summed E-state index contributed by atoms with van der Waals surface area (Å²) in [6.45, 7) is 6.68. The van der Waals surface area contributed by atoms with Crippen LogP contribution in [-0.4, -0.2) is 36.7 Å². The molecule has 2 N–H and O–H groups in total. The van der Waals surface area contributed by atoms with Crippen molar-refractivity contribution in [3.8, 4) is 11.5 Å². The molecule has 164 valence electrons. The number of benzene rings is 2. The Morgan fingerprint density at radius 3 is 2.55 bits per heavy atom. The molecule has 1 heterocycles. The first-order chi connectivity index (χ1) is 14.7. The predicted molar refractivity (Wildman–Crippen MR) is 116 cm³/mol. The molecular weight excluding hydrogens is 398 g/mol. The first-order valence-electron chi connectivity index (χ1n) is 10.1. The summed E-state index contributed by atoms with van der Waals surface area (Å²) in [5.74, 6) is -0.129. The van der Waals surface area contributed by atoms with E-state index in [0.717, 1.165) is 5.75 Å². The quantitative estimate of drug-likeness (QED) is 0.422. The van der Waals surface area contributed by atoms with Gasteiger partial charge in [-0.2, -0.15) is 0 Å². The average molecular weight is 425 g/mol. The van der Waals surface area contributed by atoms with E-state index >= 15 is 0 Å². The smallest absolute Gasteiger partial charge is 0.310 e. The molecule has 0 unspecified atom stereocenters. The van der Waals surface area contributed by atoms with Crippen molar-refractivity contribution in [3.05, 3.63) is 59.9 Å². The molecule has 0 saturated carbocycles. The van der Waals surface area contributed by atoms with Crippen molar-refractivity contribution in [1.82, 2.24) is 5.32 Å². The van der Waals surface area contributed by atoms with E-state index in [4.69, 9.17) is 13.9 Å². The molecule has 0 aliphatic heterocycles. The average Bonchev–Trinajstić information content (AvgIpc) is 3.11. The summed E-state index contributed by atoms with van der Waals surface area (Å²) in [5.41, 5.74) is 2.41. The number of carbonyl (C=O) groups excluding carboxylic acids is 2. The fourth-order valence-electron chi connectivity index (χ4n) is 3.02. The molecule has 0 fully saturated rings. The summed E-state index contributed by atoms with van der Waals surface area (Å²) in [4.78, 5) is 23.9. The van der Waals surface area contributed by atoms with Crippen LogP contribution in [0.5, 0.6) is 11.5 Å². The summed E-state index contributed by atoms with van der Waals surface area (Å²) in [7, 11) is 0. The Balaban J connectivity index is 1.35. The third kappa shape index (κ3) is 6.25. The minimum Gasteiger partial charge on any atom is -0.508 e. The minimum atomic E-state index is -0.541. The molecule has 31 heavy (non-hydrogen) atoms. The second-order valence-electron chi connectivity index (χ2n) is 8.25. The van der Waals surface area contributed by atoms with Crippen LogP contribution in [0.1, 0.15) is 31.9 Å². The predicted octanol–water partition coefficient (Wildman–Crippen LogP) is 3.72. The number of phenols is 1. The van der Waals surface area contributed by atoms with Crippen LogP contribution in [0.15, 0.2) is 53.1 Å². The van der Waals surface area contributed by atoms with E-state index in [1.165, 1.54) is 24.0 Å². The minimum absolute atomic E-state index is 0.0290. The largest absolute Gasteiger partial charge is 0.508 e. The molecule has 0 spiro atoms.